The normalized spacial score (nSPS) is 16.2. The van der Waals surface area contributed by atoms with Gasteiger partial charge in [-0.15, -0.1) is 0 Å². The predicted molar refractivity (Wildman–Crippen MR) is 90.4 cm³/mol. The minimum absolute atomic E-state index is 0.0495. The van der Waals surface area contributed by atoms with Crippen molar-refractivity contribution >= 4 is 11.6 Å². The number of halogens is 2. The first kappa shape index (κ1) is 21.4. The molecule has 23 heavy (non-hydrogen) atoms. The van der Waals surface area contributed by atoms with Gasteiger partial charge in [0.2, 0.25) is 0 Å². The molecule has 0 heterocycles. The molecule has 2 nitrogen and oxygen atoms in total. The van der Waals surface area contributed by atoms with Gasteiger partial charge in [-0.3, -0.25) is 9.59 Å². The van der Waals surface area contributed by atoms with E-state index in [4.69, 9.17) is 0 Å². The van der Waals surface area contributed by atoms with E-state index in [0.717, 1.165) is 12.5 Å². The van der Waals surface area contributed by atoms with Crippen LogP contribution in [0.5, 0.6) is 0 Å². The molecule has 0 aromatic heterocycles. The molecule has 1 aliphatic rings. The van der Waals surface area contributed by atoms with Gasteiger partial charge < -0.3 is 0 Å². The second-order valence-electron chi connectivity index (χ2n) is 5.73. The summed E-state index contributed by atoms with van der Waals surface area (Å²) in [6.07, 6.45) is 1.52. The Morgan fingerprint density at radius 2 is 1.48 bits per heavy atom. The van der Waals surface area contributed by atoms with Crippen LogP contribution < -0.4 is 0 Å². The summed E-state index contributed by atoms with van der Waals surface area (Å²) in [6, 6.07) is 0. The van der Waals surface area contributed by atoms with E-state index in [1.54, 1.807) is 20.8 Å². The zero-order valence-corrected chi connectivity index (χ0v) is 15.1. The van der Waals surface area contributed by atoms with Crippen LogP contribution in [0.4, 0.5) is 8.78 Å². The molecule has 4 heteroatoms. The fraction of sp³-hybridized carbons (Fsp3) is 0.579. The highest BCUT2D eigenvalue weighted by atomic mass is 19.3. The Morgan fingerprint density at radius 1 is 0.957 bits per heavy atom. The quantitative estimate of drug-likeness (QED) is 0.579. The van der Waals surface area contributed by atoms with Gasteiger partial charge in [0.25, 0.3) is 6.08 Å². The van der Waals surface area contributed by atoms with E-state index in [1.165, 1.54) is 0 Å². The van der Waals surface area contributed by atoms with E-state index in [0.29, 0.717) is 41.6 Å². The van der Waals surface area contributed by atoms with Crippen molar-refractivity contribution in [2.45, 2.75) is 67.2 Å². The van der Waals surface area contributed by atoms with Gasteiger partial charge in [0.15, 0.2) is 11.6 Å². The molecule has 0 saturated carbocycles. The lowest BCUT2D eigenvalue weighted by atomic mass is 9.83. The van der Waals surface area contributed by atoms with Crippen LogP contribution in [0.2, 0.25) is 0 Å². The largest absolute Gasteiger partial charge is 0.289 e. The second-order valence-corrected chi connectivity index (χ2v) is 5.73. The SMILES string of the molecule is CC.CC1=C(C)C(=O)C(CCC(C)CCC=C(F)F)=C(C)C1=O. The lowest BCUT2D eigenvalue weighted by molar-refractivity contribution is -0.116. The van der Waals surface area contributed by atoms with Gasteiger partial charge in [-0.05, 0) is 58.4 Å². The molecular formula is C19H28F2O2. The van der Waals surface area contributed by atoms with E-state index < -0.39 is 6.08 Å². The van der Waals surface area contributed by atoms with Gasteiger partial charge >= 0.3 is 0 Å². The van der Waals surface area contributed by atoms with Gasteiger partial charge in [-0.2, -0.15) is 8.78 Å². The second kappa shape index (κ2) is 10.2. The van der Waals surface area contributed by atoms with Crippen molar-refractivity contribution in [1.29, 1.82) is 0 Å². The molecule has 0 amide bonds. The van der Waals surface area contributed by atoms with Crippen molar-refractivity contribution in [3.05, 3.63) is 34.4 Å². The number of allylic oxidation sites excluding steroid dienone is 5. The lowest BCUT2D eigenvalue weighted by Crippen LogP contribution is -2.21. The zero-order valence-electron chi connectivity index (χ0n) is 15.1. The average Bonchev–Trinajstić information content (AvgIpc) is 2.52. The van der Waals surface area contributed by atoms with Crippen molar-refractivity contribution < 1.29 is 18.4 Å². The highest BCUT2D eigenvalue weighted by molar-refractivity contribution is 6.24. The number of rotatable bonds is 6. The molecule has 0 aliphatic heterocycles. The Kier molecular flexibility index (Phi) is 9.54. The molecule has 1 atom stereocenters. The fourth-order valence-electron chi connectivity index (χ4n) is 2.47. The fourth-order valence-corrected chi connectivity index (χ4v) is 2.47. The van der Waals surface area contributed by atoms with Gasteiger partial charge in [0.1, 0.15) is 0 Å². The van der Waals surface area contributed by atoms with Crippen LogP contribution in [-0.2, 0) is 9.59 Å². The van der Waals surface area contributed by atoms with Crippen molar-refractivity contribution in [3.8, 4) is 0 Å². The van der Waals surface area contributed by atoms with Crippen LogP contribution in [0.25, 0.3) is 0 Å². The first-order chi connectivity index (χ1) is 10.8. The minimum Gasteiger partial charge on any atom is -0.289 e. The first-order valence-electron chi connectivity index (χ1n) is 8.23. The van der Waals surface area contributed by atoms with E-state index in [1.807, 2.05) is 20.8 Å². The maximum absolute atomic E-state index is 12.2. The van der Waals surface area contributed by atoms with Gasteiger partial charge in [-0.1, -0.05) is 20.8 Å². The number of ketones is 2. The molecule has 0 fully saturated rings. The Bertz CT molecular complexity index is 536. The monoisotopic (exact) mass is 326 g/mol. The molecule has 1 aliphatic carbocycles. The molecular weight excluding hydrogens is 298 g/mol. The van der Waals surface area contributed by atoms with E-state index >= 15 is 0 Å². The molecule has 130 valence electrons. The molecule has 1 rings (SSSR count). The third-order valence-electron chi connectivity index (χ3n) is 4.16. The van der Waals surface area contributed by atoms with Crippen LogP contribution in [0.3, 0.4) is 0 Å². The zero-order chi connectivity index (χ0) is 18.2. The van der Waals surface area contributed by atoms with Crippen molar-refractivity contribution in [3.63, 3.8) is 0 Å². The van der Waals surface area contributed by atoms with Crippen LogP contribution in [0.1, 0.15) is 67.2 Å². The molecule has 0 radical (unpaired) electrons. The standard InChI is InChI=1S/C17H22F2O2.C2H6/c1-10(6-5-7-15(18)19)8-9-14-13(4)16(20)11(2)12(3)17(14)21;1-2/h7,10H,5-6,8-9H2,1-4H3;1-2H3. The Labute approximate surface area is 138 Å². The van der Waals surface area contributed by atoms with Gasteiger partial charge in [-0.25, -0.2) is 0 Å². The summed E-state index contributed by atoms with van der Waals surface area (Å²) < 4.78 is 23.9. The molecule has 0 aromatic rings. The minimum atomic E-state index is -1.65. The summed E-state index contributed by atoms with van der Waals surface area (Å²) in [5, 5.41) is 0. The maximum atomic E-state index is 12.2. The highest BCUT2D eigenvalue weighted by Gasteiger charge is 2.27. The summed E-state index contributed by atoms with van der Waals surface area (Å²) in [7, 11) is 0. The summed E-state index contributed by atoms with van der Waals surface area (Å²) in [5.74, 6) is 0.125. The number of hydrogen-bond acceptors (Lipinski definition) is 2. The van der Waals surface area contributed by atoms with E-state index in [2.05, 4.69) is 0 Å². The maximum Gasteiger partial charge on any atom is 0.266 e. The highest BCUT2D eigenvalue weighted by Crippen LogP contribution is 2.28. The third kappa shape index (κ3) is 6.20. The Balaban J connectivity index is 0.00000232. The summed E-state index contributed by atoms with van der Waals surface area (Å²) >= 11 is 0. The summed E-state index contributed by atoms with van der Waals surface area (Å²) in [6.45, 7) is 11.0. The average molecular weight is 326 g/mol. The third-order valence-corrected chi connectivity index (χ3v) is 4.16. The van der Waals surface area contributed by atoms with Crippen molar-refractivity contribution in [2.75, 3.05) is 0 Å². The molecule has 0 N–H and O–H groups in total. The van der Waals surface area contributed by atoms with E-state index in [-0.39, 0.29) is 17.5 Å². The first-order valence-corrected chi connectivity index (χ1v) is 8.23. The molecule has 0 saturated heterocycles. The lowest BCUT2D eigenvalue weighted by Gasteiger charge is -2.19. The van der Waals surface area contributed by atoms with Crippen LogP contribution in [0, 0.1) is 5.92 Å². The molecule has 0 bridgehead atoms. The van der Waals surface area contributed by atoms with Crippen LogP contribution in [-0.4, -0.2) is 11.6 Å². The number of Topliss-reactive ketones (excluding diaryl/α,β-unsaturated/α-hetero) is 2. The Morgan fingerprint density at radius 3 is 2.00 bits per heavy atom. The summed E-state index contributed by atoms with van der Waals surface area (Å²) in [5.41, 5.74) is 2.17. The molecule has 0 spiro atoms. The topological polar surface area (TPSA) is 34.1 Å². The summed E-state index contributed by atoms with van der Waals surface area (Å²) in [4.78, 5) is 24.3. The van der Waals surface area contributed by atoms with Crippen molar-refractivity contribution in [2.24, 2.45) is 5.92 Å². The number of carbonyl (C=O) groups is 2. The Hall–Kier alpha value is -1.58. The molecule has 0 aromatic carbocycles. The molecule has 1 unspecified atom stereocenters. The number of hydrogen-bond donors (Lipinski definition) is 0. The van der Waals surface area contributed by atoms with Gasteiger partial charge in [0.05, 0.1) is 0 Å². The van der Waals surface area contributed by atoms with Crippen LogP contribution >= 0.6 is 0 Å². The van der Waals surface area contributed by atoms with Crippen molar-refractivity contribution in [1.82, 2.24) is 0 Å². The number of carbonyl (C=O) groups excluding carboxylic acids is 2. The predicted octanol–water partition coefficient (Wildman–Crippen LogP) is 5.79. The smallest absolute Gasteiger partial charge is 0.266 e. The van der Waals surface area contributed by atoms with Crippen LogP contribution in [0.15, 0.2) is 34.4 Å². The van der Waals surface area contributed by atoms with Gasteiger partial charge in [0, 0.05) is 22.3 Å². The van der Waals surface area contributed by atoms with E-state index in [9.17, 15) is 18.4 Å².